The average molecular weight is 358 g/mol. The molecule has 0 amide bonds. The van der Waals surface area contributed by atoms with Crippen molar-refractivity contribution in [1.29, 1.82) is 0 Å². The van der Waals surface area contributed by atoms with Crippen molar-refractivity contribution in [2.45, 2.75) is 4.90 Å². The molecule has 1 aromatic heterocycles. The van der Waals surface area contributed by atoms with Crippen LogP contribution in [0, 0.1) is 0 Å². The van der Waals surface area contributed by atoms with Crippen LogP contribution in [0.1, 0.15) is 0 Å². The fraction of sp³-hybridized carbons (Fsp3) is 0.0833. The molecule has 1 aromatic carbocycles. The van der Waals surface area contributed by atoms with Crippen LogP contribution in [-0.4, -0.2) is 20.5 Å². The van der Waals surface area contributed by atoms with Crippen LogP contribution >= 0.6 is 15.9 Å². The molecule has 0 spiro atoms. The molecule has 0 aliphatic heterocycles. The number of pyridine rings is 1. The molecule has 2 aromatic rings. The van der Waals surface area contributed by atoms with Crippen LogP contribution in [0.4, 0.5) is 11.5 Å². The molecule has 0 fully saturated rings. The second-order valence-corrected chi connectivity index (χ2v) is 6.40. The largest absolute Gasteiger partial charge is 0.497 e. The Morgan fingerprint density at radius 3 is 2.70 bits per heavy atom. The van der Waals surface area contributed by atoms with E-state index in [1.165, 1.54) is 25.4 Å². The Balaban J connectivity index is 2.38. The van der Waals surface area contributed by atoms with E-state index >= 15 is 0 Å². The molecule has 1 heterocycles. The summed E-state index contributed by atoms with van der Waals surface area (Å²) in [5.74, 6) is 0.678. The number of rotatable bonds is 4. The SMILES string of the molecule is COc1ccc(Br)c(NS(=O)(=O)c2ccnc(N)c2)c1. The minimum absolute atomic E-state index is 0.0414. The van der Waals surface area contributed by atoms with Gasteiger partial charge in [-0.3, -0.25) is 4.72 Å². The molecular formula is C12H12BrN3O3S. The summed E-state index contributed by atoms with van der Waals surface area (Å²) in [5.41, 5.74) is 5.87. The predicted octanol–water partition coefficient (Wildman–Crippen LogP) is 2.24. The Kier molecular flexibility index (Phi) is 4.15. The molecule has 20 heavy (non-hydrogen) atoms. The molecule has 6 nitrogen and oxygen atoms in total. The van der Waals surface area contributed by atoms with Crippen molar-refractivity contribution in [3.63, 3.8) is 0 Å². The molecule has 0 bridgehead atoms. The quantitative estimate of drug-likeness (QED) is 0.874. The molecule has 0 unspecified atom stereocenters. The zero-order valence-electron chi connectivity index (χ0n) is 10.5. The van der Waals surface area contributed by atoms with E-state index in [2.05, 4.69) is 25.6 Å². The average Bonchev–Trinajstić information content (AvgIpc) is 2.41. The number of benzene rings is 1. The number of nitrogens with one attached hydrogen (secondary N) is 1. The molecule has 2 rings (SSSR count). The van der Waals surface area contributed by atoms with Gasteiger partial charge in [0, 0.05) is 22.8 Å². The summed E-state index contributed by atoms with van der Waals surface area (Å²) in [7, 11) is -2.23. The zero-order chi connectivity index (χ0) is 14.8. The molecule has 3 N–H and O–H groups in total. The summed E-state index contributed by atoms with van der Waals surface area (Å²) in [4.78, 5) is 3.80. The van der Waals surface area contributed by atoms with Gasteiger partial charge in [0.05, 0.1) is 17.7 Å². The Hall–Kier alpha value is -1.80. The molecule has 0 atom stereocenters. The third kappa shape index (κ3) is 3.20. The molecule has 0 saturated carbocycles. The summed E-state index contributed by atoms with van der Waals surface area (Å²) >= 11 is 3.28. The van der Waals surface area contributed by atoms with Gasteiger partial charge in [-0.05, 0) is 34.1 Å². The third-order valence-electron chi connectivity index (χ3n) is 2.48. The highest BCUT2D eigenvalue weighted by molar-refractivity contribution is 9.10. The highest BCUT2D eigenvalue weighted by Crippen LogP contribution is 2.29. The monoisotopic (exact) mass is 357 g/mol. The van der Waals surface area contributed by atoms with Gasteiger partial charge in [0.25, 0.3) is 10.0 Å². The van der Waals surface area contributed by atoms with E-state index in [0.29, 0.717) is 15.9 Å². The van der Waals surface area contributed by atoms with Crippen LogP contribution in [0.15, 0.2) is 45.9 Å². The van der Waals surface area contributed by atoms with Gasteiger partial charge >= 0.3 is 0 Å². The number of nitrogen functional groups attached to an aromatic ring is 1. The Morgan fingerprint density at radius 2 is 2.05 bits per heavy atom. The van der Waals surface area contributed by atoms with E-state index in [4.69, 9.17) is 10.5 Å². The summed E-state index contributed by atoms with van der Waals surface area (Å²) in [6.45, 7) is 0. The van der Waals surface area contributed by atoms with Gasteiger partial charge in [-0.1, -0.05) is 0 Å². The van der Waals surface area contributed by atoms with Crippen LogP contribution in [0.3, 0.4) is 0 Å². The maximum Gasteiger partial charge on any atom is 0.262 e. The van der Waals surface area contributed by atoms with Crippen molar-refractivity contribution in [3.8, 4) is 5.75 Å². The molecule has 0 aliphatic carbocycles. The summed E-state index contributed by atoms with van der Waals surface area (Å²) in [6.07, 6.45) is 1.34. The van der Waals surface area contributed by atoms with Crippen molar-refractivity contribution in [2.24, 2.45) is 0 Å². The van der Waals surface area contributed by atoms with E-state index in [1.54, 1.807) is 18.2 Å². The van der Waals surface area contributed by atoms with Gasteiger partial charge in [-0.2, -0.15) is 0 Å². The van der Waals surface area contributed by atoms with Crippen molar-refractivity contribution in [2.75, 3.05) is 17.6 Å². The van der Waals surface area contributed by atoms with Crippen LogP contribution in [0.2, 0.25) is 0 Å². The molecule has 8 heteroatoms. The Labute approximate surface area is 125 Å². The fourth-order valence-corrected chi connectivity index (χ4v) is 3.08. The first-order chi connectivity index (χ1) is 9.42. The minimum Gasteiger partial charge on any atom is -0.497 e. The number of aromatic nitrogens is 1. The number of methoxy groups -OCH3 is 1. The lowest BCUT2D eigenvalue weighted by Gasteiger charge is -2.11. The van der Waals surface area contributed by atoms with E-state index < -0.39 is 10.0 Å². The fourth-order valence-electron chi connectivity index (χ4n) is 1.51. The molecular weight excluding hydrogens is 346 g/mol. The minimum atomic E-state index is -3.74. The summed E-state index contributed by atoms with van der Waals surface area (Å²) < 4.78 is 32.6. The number of nitrogens with zero attached hydrogens (tertiary/aromatic N) is 1. The highest BCUT2D eigenvalue weighted by Gasteiger charge is 2.16. The first-order valence-corrected chi connectivity index (χ1v) is 7.78. The van der Waals surface area contributed by atoms with Crippen molar-refractivity contribution >= 4 is 37.5 Å². The molecule has 0 saturated heterocycles. The highest BCUT2D eigenvalue weighted by atomic mass is 79.9. The maximum atomic E-state index is 12.2. The van der Waals surface area contributed by atoms with Crippen molar-refractivity contribution in [1.82, 2.24) is 4.98 Å². The number of anilines is 2. The topological polar surface area (TPSA) is 94.3 Å². The number of hydrogen-bond donors (Lipinski definition) is 2. The molecule has 0 aliphatic rings. The lowest BCUT2D eigenvalue weighted by atomic mass is 10.3. The van der Waals surface area contributed by atoms with E-state index in [1.807, 2.05) is 0 Å². The number of ether oxygens (including phenoxy) is 1. The zero-order valence-corrected chi connectivity index (χ0v) is 12.9. The lowest BCUT2D eigenvalue weighted by molar-refractivity contribution is 0.415. The Bertz CT molecular complexity index is 734. The standard InChI is InChI=1S/C12H12BrN3O3S/c1-19-8-2-3-10(13)11(6-8)16-20(17,18)9-4-5-15-12(14)7-9/h2-7,16H,1H3,(H2,14,15). The van der Waals surface area contributed by atoms with Crippen LogP contribution in [-0.2, 0) is 10.0 Å². The number of sulfonamides is 1. The normalized spacial score (nSPS) is 11.1. The van der Waals surface area contributed by atoms with E-state index in [0.717, 1.165) is 0 Å². The summed E-state index contributed by atoms with van der Waals surface area (Å²) in [5, 5.41) is 0. The maximum absolute atomic E-state index is 12.2. The number of nitrogens with two attached hydrogens (primary N) is 1. The first kappa shape index (κ1) is 14.6. The van der Waals surface area contributed by atoms with Gasteiger partial charge in [-0.25, -0.2) is 13.4 Å². The lowest BCUT2D eigenvalue weighted by Crippen LogP contribution is -2.14. The van der Waals surface area contributed by atoms with Gasteiger partial charge in [0.2, 0.25) is 0 Å². The predicted molar refractivity (Wildman–Crippen MR) is 80.2 cm³/mol. The second-order valence-electron chi connectivity index (χ2n) is 3.87. The van der Waals surface area contributed by atoms with Gasteiger partial charge < -0.3 is 10.5 Å². The van der Waals surface area contributed by atoms with Gasteiger partial charge in [-0.15, -0.1) is 0 Å². The van der Waals surface area contributed by atoms with Gasteiger partial charge in [0.15, 0.2) is 0 Å². The van der Waals surface area contributed by atoms with Crippen molar-refractivity contribution < 1.29 is 13.2 Å². The van der Waals surface area contributed by atoms with E-state index in [9.17, 15) is 8.42 Å². The van der Waals surface area contributed by atoms with Gasteiger partial charge in [0.1, 0.15) is 11.6 Å². The Morgan fingerprint density at radius 1 is 1.30 bits per heavy atom. The number of halogens is 1. The first-order valence-electron chi connectivity index (χ1n) is 5.50. The van der Waals surface area contributed by atoms with E-state index in [-0.39, 0.29) is 10.7 Å². The second kappa shape index (κ2) is 5.68. The third-order valence-corrected chi connectivity index (χ3v) is 4.54. The summed E-state index contributed by atoms with van der Waals surface area (Å²) in [6, 6.07) is 7.64. The molecule has 0 radical (unpaired) electrons. The van der Waals surface area contributed by atoms with Crippen molar-refractivity contribution in [3.05, 3.63) is 41.0 Å². The number of hydrogen-bond acceptors (Lipinski definition) is 5. The smallest absolute Gasteiger partial charge is 0.262 e. The van der Waals surface area contributed by atoms with Crippen LogP contribution < -0.4 is 15.2 Å². The van der Waals surface area contributed by atoms with Crippen LogP contribution in [0.5, 0.6) is 5.75 Å². The molecule has 106 valence electrons. The van der Waals surface area contributed by atoms with Crippen LogP contribution in [0.25, 0.3) is 0 Å².